The topological polar surface area (TPSA) is 117 Å². The molecule has 0 spiro atoms. The maximum absolute atomic E-state index is 9.10. The fourth-order valence-electron chi connectivity index (χ4n) is 2.83. The number of aromatic nitrogens is 2. The van der Waals surface area contributed by atoms with Gasteiger partial charge in [0.15, 0.2) is 0 Å². The Labute approximate surface area is 165 Å². The van der Waals surface area contributed by atoms with Crippen LogP contribution in [-0.4, -0.2) is 50.3 Å². The number of thiophene rings is 1. The standard InChI is InChI=1S/C17H17N3OS.C2H2O4/c1-12(13-6-3-2-4-7-13)20-10-14(11-20)17-18-16(19-21-17)15-8-5-9-22-15;3-1(4)2(5)6/h2-9,12,14H,10-11H2,1H3;(H,3,4)(H,5,6). The fraction of sp³-hybridized carbons (Fsp3) is 0.263. The highest BCUT2D eigenvalue weighted by Gasteiger charge is 2.35. The molecule has 1 atom stereocenters. The lowest BCUT2D eigenvalue weighted by molar-refractivity contribution is -0.159. The predicted molar refractivity (Wildman–Crippen MR) is 102 cm³/mol. The summed E-state index contributed by atoms with van der Waals surface area (Å²) < 4.78 is 5.45. The Bertz CT molecular complexity index is 908. The molecule has 1 saturated heterocycles. The van der Waals surface area contributed by atoms with Crippen molar-refractivity contribution < 1.29 is 24.3 Å². The molecule has 1 unspecified atom stereocenters. The first-order chi connectivity index (χ1) is 13.5. The Morgan fingerprint density at radius 2 is 1.82 bits per heavy atom. The second kappa shape index (κ2) is 8.77. The molecule has 2 aromatic heterocycles. The summed E-state index contributed by atoms with van der Waals surface area (Å²) in [5.41, 5.74) is 1.35. The number of aliphatic carboxylic acids is 2. The van der Waals surface area contributed by atoms with Crippen molar-refractivity contribution in [3.63, 3.8) is 0 Å². The van der Waals surface area contributed by atoms with E-state index in [2.05, 4.69) is 52.3 Å². The fourth-order valence-corrected chi connectivity index (χ4v) is 3.48. The van der Waals surface area contributed by atoms with Crippen LogP contribution < -0.4 is 0 Å². The molecule has 0 saturated carbocycles. The van der Waals surface area contributed by atoms with E-state index in [1.807, 2.05) is 17.5 Å². The number of benzene rings is 1. The van der Waals surface area contributed by atoms with Crippen molar-refractivity contribution >= 4 is 23.3 Å². The smallest absolute Gasteiger partial charge is 0.414 e. The zero-order valence-corrected chi connectivity index (χ0v) is 15.9. The summed E-state index contributed by atoms with van der Waals surface area (Å²) in [5.74, 6) is -1.82. The quantitative estimate of drug-likeness (QED) is 0.641. The summed E-state index contributed by atoms with van der Waals surface area (Å²) in [4.78, 5) is 26.2. The minimum absolute atomic E-state index is 0.354. The van der Waals surface area contributed by atoms with Crippen LogP contribution in [0.3, 0.4) is 0 Å². The maximum Gasteiger partial charge on any atom is 0.414 e. The van der Waals surface area contributed by atoms with E-state index < -0.39 is 11.9 Å². The zero-order chi connectivity index (χ0) is 20.1. The summed E-state index contributed by atoms with van der Waals surface area (Å²) in [6, 6.07) is 15.0. The van der Waals surface area contributed by atoms with Crippen molar-refractivity contribution in [3.05, 3.63) is 59.3 Å². The van der Waals surface area contributed by atoms with Gasteiger partial charge in [0, 0.05) is 19.1 Å². The molecule has 0 amide bonds. The molecule has 1 aromatic carbocycles. The van der Waals surface area contributed by atoms with Gasteiger partial charge in [-0.15, -0.1) is 11.3 Å². The van der Waals surface area contributed by atoms with E-state index in [-0.39, 0.29) is 0 Å². The van der Waals surface area contributed by atoms with Crippen LogP contribution in [0.2, 0.25) is 0 Å². The summed E-state index contributed by atoms with van der Waals surface area (Å²) in [6.07, 6.45) is 0. The van der Waals surface area contributed by atoms with Crippen LogP contribution in [0.25, 0.3) is 10.7 Å². The van der Waals surface area contributed by atoms with Gasteiger partial charge in [-0.25, -0.2) is 9.59 Å². The van der Waals surface area contributed by atoms with E-state index in [9.17, 15) is 0 Å². The summed E-state index contributed by atoms with van der Waals surface area (Å²) in [5, 5.41) is 20.9. The summed E-state index contributed by atoms with van der Waals surface area (Å²) in [6.45, 7) is 4.20. The van der Waals surface area contributed by atoms with Crippen molar-refractivity contribution in [2.24, 2.45) is 0 Å². The molecule has 3 heterocycles. The van der Waals surface area contributed by atoms with E-state index in [0.717, 1.165) is 23.9 Å². The average Bonchev–Trinajstić information content (AvgIpc) is 3.33. The number of hydrogen-bond acceptors (Lipinski definition) is 7. The van der Waals surface area contributed by atoms with Crippen molar-refractivity contribution in [2.75, 3.05) is 13.1 Å². The highest BCUT2D eigenvalue weighted by atomic mass is 32.1. The first-order valence-electron chi connectivity index (χ1n) is 8.58. The number of carbonyl (C=O) groups is 2. The highest BCUT2D eigenvalue weighted by Crippen LogP contribution is 2.34. The molecule has 8 nitrogen and oxygen atoms in total. The molecule has 0 bridgehead atoms. The Morgan fingerprint density at radius 3 is 2.39 bits per heavy atom. The molecule has 28 heavy (non-hydrogen) atoms. The molecule has 1 fully saturated rings. The molecule has 9 heteroatoms. The van der Waals surface area contributed by atoms with Gasteiger partial charge in [0.25, 0.3) is 0 Å². The zero-order valence-electron chi connectivity index (χ0n) is 15.1. The largest absolute Gasteiger partial charge is 0.473 e. The summed E-state index contributed by atoms with van der Waals surface area (Å²) in [7, 11) is 0. The van der Waals surface area contributed by atoms with E-state index >= 15 is 0 Å². The molecular formula is C19H19N3O5S. The van der Waals surface area contributed by atoms with Crippen LogP contribution in [-0.2, 0) is 9.59 Å². The van der Waals surface area contributed by atoms with E-state index in [1.54, 1.807) is 11.3 Å². The average molecular weight is 401 g/mol. The third kappa shape index (κ3) is 4.62. The van der Waals surface area contributed by atoms with Crippen LogP contribution in [0.1, 0.15) is 30.3 Å². The molecule has 3 aromatic rings. The van der Waals surface area contributed by atoms with Crippen molar-refractivity contribution in [2.45, 2.75) is 18.9 Å². The van der Waals surface area contributed by atoms with Gasteiger partial charge >= 0.3 is 11.9 Å². The molecular weight excluding hydrogens is 382 g/mol. The molecule has 2 N–H and O–H groups in total. The number of nitrogens with zero attached hydrogens (tertiary/aromatic N) is 3. The van der Waals surface area contributed by atoms with Crippen molar-refractivity contribution in [3.8, 4) is 10.7 Å². The van der Waals surface area contributed by atoms with Crippen LogP contribution >= 0.6 is 11.3 Å². The molecule has 4 rings (SSSR count). The monoisotopic (exact) mass is 401 g/mol. The minimum atomic E-state index is -1.82. The van der Waals surface area contributed by atoms with Crippen LogP contribution in [0.4, 0.5) is 0 Å². The van der Waals surface area contributed by atoms with Gasteiger partial charge in [0.1, 0.15) is 0 Å². The molecule has 146 valence electrons. The van der Waals surface area contributed by atoms with Crippen molar-refractivity contribution in [1.82, 2.24) is 15.0 Å². The van der Waals surface area contributed by atoms with E-state index in [1.165, 1.54) is 5.56 Å². The van der Waals surface area contributed by atoms with E-state index in [0.29, 0.717) is 17.8 Å². The lowest BCUT2D eigenvalue weighted by Gasteiger charge is -2.41. The van der Waals surface area contributed by atoms with Crippen LogP contribution in [0, 0.1) is 0 Å². The molecule has 1 aliphatic heterocycles. The SMILES string of the molecule is CC(c1ccccc1)N1CC(c2nc(-c3cccs3)no2)C1.O=C(O)C(=O)O. The number of rotatable bonds is 4. The van der Waals surface area contributed by atoms with Gasteiger partial charge in [-0.1, -0.05) is 41.6 Å². The molecule has 0 radical (unpaired) electrons. The Kier molecular flexibility index (Phi) is 6.17. The molecule has 1 aliphatic rings. The number of likely N-dealkylation sites (tertiary alicyclic amines) is 1. The Balaban J connectivity index is 0.000000330. The van der Waals surface area contributed by atoms with Gasteiger partial charge in [-0.3, -0.25) is 4.90 Å². The van der Waals surface area contributed by atoms with Crippen LogP contribution in [0.5, 0.6) is 0 Å². The second-order valence-corrected chi connectivity index (χ2v) is 7.23. The first kappa shape index (κ1) is 19.7. The lowest BCUT2D eigenvalue weighted by atomic mass is 9.95. The number of carboxylic acids is 2. The third-order valence-corrected chi connectivity index (χ3v) is 5.32. The number of hydrogen-bond donors (Lipinski definition) is 2. The number of carboxylic acid groups (broad SMARTS) is 2. The van der Waals surface area contributed by atoms with Gasteiger partial charge in [-0.2, -0.15) is 4.98 Å². The predicted octanol–water partition coefficient (Wildman–Crippen LogP) is 3.11. The highest BCUT2D eigenvalue weighted by molar-refractivity contribution is 7.13. The van der Waals surface area contributed by atoms with E-state index in [4.69, 9.17) is 24.3 Å². The van der Waals surface area contributed by atoms with Gasteiger partial charge in [0.2, 0.25) is 11.7 Å². The second-order valence-electron chi connectivity index (χ2n) is 6.28. The Hall–Kier alpha value is -3.04. The third-order valence-electron chi connectivity index (χ3n) is 4.45. The maximum atomic E-state index is 9.10. The van der Waals surface area contributed by atoms with Gasteiger partial charge in [-0.05, 0) is 23.9 Å². The minimum Gasteiger partial charge on any atom is -0.473 e. The lowest BCUT2D eigenvalue weighted by Crippen LogP contribution is -2.46. The molecule has 0 aliphatic carbocycles. The first-order valence-corrected chi connectivity index (χ1v) is 9.46. The normalized spacial score (nSPS) is 15.2. The van der Waals surface area contributed by atoms with Crippen molar-refractivity contribution in [1.29, 1.82) is 0 Å². The Morgan fingerprint density at radius 1 is 1.14 bits per heavy atom. The van der Waals surface area contributed by atoms with Gasteiger partial charge in [0.05, 0.1) is 10.8 Å². The summed E-state index contributed by atoms with van der Waals surface area (Å²) >= 11 is 1.63. The van der Waals surface area contributed by atoms with Crippen LogP contribution in [0.15, 0.2) is 52.4 Å². The van der Waals surface area contributed by atoms with Gasteiger partial charge < -0.3 is 14.7 Å².